The third kappa shape index (κ3) is 4.73. The fourth-order valence-electron chi connectivity index (χ4n) is 2.41. The number of aromatic nitrogens is 2. The molecule has 0 saturated carbocycles. The molecule has 0 atom stereocenters. The zero-order valence-electron chi connectivity index (χ0n) is 14.9. The summed E-state index contributed by atoms with van der Waals surface area (Å²) in [6, 6.07) is 10.1. The van der Waals surface area contributed by atoms with Gasteiger partial charge in [0.25, 0.3) is 22.5 Å². The molecule has 0 fully saturated rings. The Bertz CT molecular complexity index is 1100. The van der Waals surface area contributed by atoms with E-state index in [1.165, 1.54) is 36.4 Å². The predicted octanol–water partition coefficient (Wildman–Crippen LogP) is 3.59. The molecule has 1 heterocycles. The Balaban J connectivity index is 1.64. The lowest BCUT2D eigenvalue weighted by Gasteiger charge is -2.07. The average molecular weight is 415 g/mol. The zero-order chi connectivity index (χ0) is 21.0. The summed E-state index contributed by atoms with van der Waals surface area (Å²) >= 11 is 0.961. The molecule has 0 aliphatic carbocycles. The van der Waals surface area contributed by atoms with Crippen LogP contribution in [0.1, 0.15) is 5.56 Å². The number of carbonyl (C=O) groups excluding carboxylic acids is 1. The molecule has 0 radical (unpaired) electrons. The van der Waals surface area contributed by atoms with Gasteiger partial charge >= 0.3 is 0 Å². The summed E-state index contributed by atoms with van der Waals surface area (Å²) in [6.45, 7) is 1.65. The first kappa shape index (κ1) is 19.9. The molecule has 2 aromatic carbocycles. The first-order valence-electron chi connectivity index (χ1n) is 8.10. The van der Waals surface area contributed by atoms with Gasteiger partial charge in [0.05, 0.1) is 15.6 Å². The smallest absolute Gasteiger partial charge is 0.282 e. The molecule has 1 N–H and O–H groups in total. The van der Waals surface area contributed by atoms with Crippen LogP contribution in [0, 0.1) is 27.2 Å². The third-order valence-corrected chi connectivity index (χ3v) is 4.58. The summed E-state index contributed by atoms with van der Waals surface area (Å²) in [5.41, 5.74) is 0.950. The second-order valence-corrected chi connectivity index (χ2v) is 6.67. The van der Waals surface area contributed by atoms with Gasteiger partial charge in [0.15, 0.2) is 0 Å². The lowest BCUT2D eigenvalue weighted by atomic mass is 10.2. The van der Waals surface area contributed by atoms with Crippen LogP contribution in [-0.4, -0.2) is 31.7 Å². The Morgan fingerprint density at radius 3 is 2.59 bits per heavy atom. The van der Waals surface area contributed by atoms with Crippen LogP contribution in [0.5, 0.6) is 0 Å². The maximum Gasteiger partial charge on any atom is 0.282 e. The van der Waals surface area contributed by atoms with Crippen molar-refractivity contribution in [3.63, 3.8) is 0 Å². The molecular formula is C17H13N5O6S. The molecule has 1 aromatic heterocycles. The number of thioether (sulfide) groups is 1. The number of nitro groups is 2. The minimum atomic E-state index is -0.549. The minimum absolute atomic E-state index is 0.0218. The molecule has 3 rings (SSSR count). The fraction of sp³-hybridized carbons (Fsp3) is 0.118. The number of anilines is 1. The van der Waals surface area contributed by atoms with E-state index in [2.05, 4.69) is 15.5 Å². The number of rotatable bonds is 7. The predicted molar refractivity (Wildman–Crippen MR) is 104 cm³/mol. The second-order valence-electron chi connectivity index (χ2n) is 5.74. The number of nitrogens with zero attached hydrogens (tertiary/aromatic N) is 4. The molecule has 0 spiro atoms. The summed E-state index contributed by atoms with van der Waals surface area (Å²) < 4.78 is 5.41. The molecule has 0 saturated heterocycles. The number of amides is 1. The molecule has 0 aliphatic rings. The number of benzene rings is 2. The van der Waals surface area contributed by atoms with Crippen molar-refractivity contribution >= 4 is 34.7 Å². The molecule has 12 heteroatoms. The molecule has 29 heavy (non-hydrogen) atoms. The van der Waals surface area contributed by atoms with Crippen molar-refractivity contribution in [2.45, 2.75) is 12.1 Å². The van der Waals surface area contributed by atoms with Crippen LogP contribution < -0.4 is 5.32 Å². The van der Waals surface area contributed by atoms with Crippen LogP contribution in [0.2, 0.25) is 0 Å². The van der Waals surface area contributed by atoms with Gasteiger partial charge in [-0.2, -0.15) is 0 Å². The normalized spacial score (nSPS) is 10.5. The number of para-hydroxylation sites is 1. The van der Waals surface area contributed by atoms with Gasteiger partial charge in [-0.1, -0.05) is 23.9 Å². The highest BCUT2D eigenvalue weighted by Gasteiger charge is 2.20. The van der Waals surface area contributed by atoms with Crippen molar-refractivity contribution in [3.8, 4) is 11.5 Å². The summed E-state index contributed by atoms with van der Waals surface area (Å²) in [5, 5.41) is 32.2. The quantitative estimate of drug-likeness (QED) is 0.346. The highest BCUT2D eigenvalue weighted by molar-refractivity contribution is 7.99. The monoisotopic (exact) mass is 415 g/mol. The average Bonchev–Trinajstić information content (AvgIpc) is 3.16. The van der Waals surface area contributed by atoms with Crippen LogP contribution in [0.4, 0.5) is 17.1 Å². The Morgan fingerprint density at radius 2 is 1.90 bits per heavy atom. The first-order valence-corrected chi connectivity index (χ1v) is 9.08. The SMILES string of the molecule is Cc1cc([N+](=O)[O-])ccc1NC(=O)CSc1nnc(-c2ccccc2[N+](=O)[O-])o1. The number of hydrogen-bond donors (Lipinski definition) is 1. The van der Waals surface area contributed by atoms with E-state index in [9.17, 15) is 25.0 Å². The van der Waals surface area contributed by atoms with Crippen molar-refractivity contribution in [1.29, 1.82) is 0 Å². The number of non-ortho nitro benzene ring substituents is 1. The lowest BCUT2D eigenvalue weighted by molar-refractivity contribution is -0.384. The van der Waals surface area contributed by atoms with E-state index in [0.29, 0.717) is 11.3 Å². The van der Waals surface area contributed by atoms with Gasteiger partial charge in [-0.25, -0.2) is 0 Å². The Morgan fingerprint density at radius 1 is 1.14 bits per heavy atom. The van der Waals surface area contributed by atoms with E-state index >= 15 is 0 Å². The standard InChI is InChI=1S/C17H13N5O6S/c1-10-8-11(21(24)25)6-7-13(10)18-15(23)9-29-17-20-19-16(28-17)12-4-2-3-5-14(12)22(26)27/h2-8H,9H2,1H3,(H,18,23). The summed E-state index contributed by atoms with van der Waals surface area (Å²) in [7, 11) is 0. The molecule has 0 unspecified atom stereocenters. The van der Waals surface area contributed by atoms with Crippen molar-refractivity contribution < 1.29 is 19.1 Å². The van der Waals surface area contributed by atoms with E-state index in [1.54, 1.807) is 13.0 Å². The van der Waals surface area contributed by atoms with E-state index in [-0.39, 0.29) is 39.7 Å². The topological polar surface area (TPSA) is 154 Å². The van der Waals surface area contributed by atoms with Crippen LogP contribution in [0.25, 0.3) is 11.5 Å². The summed E-state index contributed by atoms with van der Waals surface area (Å²) in [4.78, 5) is 32.9. The van der Waals surface area contributed by atoms with Gasteiger partial charge in [0.2, 0.25) is 5.91 Å². The van der Waals surface area contributed by atoms with Gasteiger partial charge < -0.3 is 9.73 Å². The number of nitrogens with one attached hydrogen (secondary N) is 1. The third-order valence-electron chi connectivity index (χ3n) is 3.76. The summed E-state index contributed by atoms with van der Waals surface area (Å²) in [5.74, 6) is -0.460. The van der Waals surface area contributed by atoms with Crippen LogP contribution in [-0.2, 0) is 4.79 Å². The van der Waals surface area contributed by atoms with Crippen molar-refractivity contribution in [1.82, 2.24) is 10.2 Å². The van der Waals surface area contributed by atoms with Gasteiger partial charge in [-0.15, -0.1) is 10.2 Å². The van der Waals surface area contributed by atoms with E-state index in [0.717, 1.165) is 11.8 Å². The number of aryl methyl sites for hydroxylation is 1. The minimum Gasteiger partial charge on any atom is -0.411 e. The molecule has 1 amide bonds. The highest BCUT2D eigenvalue weighted by atomic mass is 32.2. The van der Waals surface area contributed by atoms with E-state index in [1.807, 2.05) is 0 Å². The largest absolute Gasteiger partial charge is 0.411 e. The molecule has 0 aliphatic heterocycles. The summed E-state index contributed by atoms with van der Waals surface area (Å²) in [6.07, 6.45) is 0. The van der Waals surface area contributed by atoms with Crippen LogP contribution in [0.15, 0.2) is 52.1 Å². The Labute approximate surface area is 167 Å². The number of hydrogen-bond acceptors (Lipinski definition) is 9. The fourth-order valence-corrected chi connectivity index (χ4v) is 2.97. The van der Waals surface area contributed by atoms with Gasteiger partial charge in [0.1, 0.15) is 5.56 Å². The zero-order valence-corrected chi connectivity index (χ0v) is 15.7. The Kier molecular flexibility index (Phi) is 5.83. The van der Waals surface area contributed by atoms with E-state index in [4.69, 9.17) is 4.42 Å². The van der Waals surface area contributed by atoms with Crippen LogP contribution >= 0.6 is 11.8 Å². The van der Waals surface area contributed by atoms with Gasteiger partial charge in [-0.3, -0.25) is 25.0 Å². The number of carbonyl (C=O) groups is 1. The van der Waals surface area contributed by atoms with Crippen molar-refractivity contribution in [3.05, 3.63) is 68.3 Å². The molecule has 3 aromatic rings. The Hall–Kier alpha value is -3.80. The van der Waals surface area contributed by atoms with Crippen LogP contribution in [0.3, 0.4) is 0 Å². The van der Waals surface area contributed by atoms with Gasteiger partial charge in [-0.05, 0) is 24.6 Å². The number of nitro benzene ring substituents is 2. The highest BCUT2D eigenvalue weighted by Crippen LogP contribution is 2.30. The molecule has 0 bridgehead atoms. The van der Waals surface area contributed by atoms with Gasteiger partial charge in [0, 0.05) is 23.9 Å². The first-order chi connectivity index (χ1) is 13.8. The lowest BCUT2D eigenvalue weighted by Crippen LogP contribution is -2.14. The maximum absolute atomic E-state index is 12.1. The maximum atomic E-state index is 12.1. The molecular weight excluding hydrogens is 402 g/mol. The second kappa shape index (κ2) is 8.48. The molecule has 148 valence electrons. The van der Waals surface area contributed by atoms with Crippen molar-refractivity contribution in [2.24, 2.45) is 0 Å². The molecule has 11 nitrogen and oxygen atoms in total. The van der Waals surface area contributed by atoms with E-state index < -0.39 is 9.85 Å². The van der Waals surface area contributed by atoms with Crippen molar-refractivity contribution in [2.75, 3.05) is 11.1 Å².